The fourth-order valence-corrected chi connectivity index (χ4v) is 0. The van der Waals surface area contributed by atoms with Crippen LogP contribution in [-0.2, 0) is 3.08 Å². The van der Waals surface area contributed by atoms with E-state index in [-0.39, 0.29) is 53.2 Å². The van der Waals surface area contributed by atoms with Crippen LogP contribution in [0.3, 0.4) is 0 Å². The summed E-state index contributed by atoms with van der Waals surface area (Å²) < 4.78 is 8.34. The molecule has 0 saturated carbocycles. The van der Waals surface area contributed by atoms with Gasteiger partial charge >= 0.3 is 51.4 Å². The Morgan fingerprint density at radius 2 is 0.625 bits per heavy atom. The van der Waals surface area contributed by atoms with Gasteiger partial charge in [-0.2, -0.15) is 0 Å². The van der Waals surface area contributed by atoms with E-state index >= 15 is 0 Å². The molecular formula is H5InO6Sn. The van der Waals surface area contributed by atoms with Crippen molar-refractivity contribution in [3.8, 4) is 0 Å². The van der Waals surface area contributed by atoms with E-state index in [1.807, 2.05) is 0 Å². The zero-order valence-corrected chi connectivity index (χ0v) is 9.87. The van der Waals surface area contributed by atoms with E-state index in [1.165, 1.54) is 0 Å². The van der Waals surface area contributed by atoms with E-state index in [2.05, 4.69) is 0 Å². The average Bonchev–Trinajstić information content (AvgIpc) is 1.00. The molecule has 0 aromatic carbocycles. The molecule has 0 unspecified atom stereocenters. The molecule has 48 valence electrons. The van der Waals surface area contributed by atoms with Gasteiger partial charge in [-0.25, -0.2) is 0 Å². The van der Waals surface area contributed by atoms with Gasteiger partial charge in [0.05, 0.1) is 0 Å². The monoisotopic (exact) mass is 336 g/mol. The third-order valence-corrected chi connectivity index (χ3v) is 0. The van der Waals surface area contributed by atoms with Crippen molar-refractivity contribution < 1.29 is 30.5 Å². The Morgan fingerprint density at radius 1 is 0.625 bits per heavy atom. The molecule has 0 fully saturated rings. The molecule has 6 nitrogen and oxygen atoms in total. The van der Waals surface area contributed by atoms with Gasteiger partial charge in [0.25, 0.3) is 0 Å². The Bertz CT molecular complexity index is 8.49. The summed E-state index contributed by atoms with van der Waals surface area (Å²) in [6.07, 6.45) is 0. The standard InChI is InChI=1S/In.5H2O.O.Sn/h;5*1H2;;/q+3;;;;;;;+2/p-5. The molecule has 8 heavy (non-hydrogen) atoms. The van der Waals surface area contributed by atoms with E-state index in [1.54, 1.807) is 0 Å². The maximum absolute atomic E-state index is 8.34. The molecule has 0 aromatic rings. The molecule has 0 saturated heterocycles. The van der Waals surface area contributed by atoms with Crippen LogP contribution >= 0.6 is 0 Å². The average molecular weight is 335 g/mol. The number of rotatable bonds is 0. The SMILES string of the molecule is [In+3].[OH-].[OH-].[OH-].[OH-].[OH-].[O]=[Sn+2]. The van der Waals surface area contributed by atoms with E-state index in [0.29, 0.717) is 22.5 Å². The third kappa shape index (κ3) is 177. The summed E-state index contributed by atoms with van der Waals surface area (Å²) in [5.74, 6) is 0. The van der Waals surface area contributed by atoms with E-state index < -0.39 is 0 Å². The van der Waals surface area contributed by atoms with Gasteiger partial charge < -0.3 is 27.4 Å². The van der Waals surface area contributed by atoms with Gasteiger partial charge in [-0.15, -0.1) is 0 Å². The van der Waals surface area contributed by atoms with Gasteiger partial charge in [0.2, 0.25) is 0 Å². The predicted octanol–water partition coefficient (Wildman–Crippen LogP) is -1.76. The molecule has 0 heterocycles. The van der Waals surface area contributed by atoms with Crippen molar-refractivity contribution in [3.63, 3.8) is 0 Å². The predicted molar refractivity (Wildman–Crippen MR) is 21.9 cm³/mol. The van der Waals surface area contributed by atoms with Crippen molar-refractivity contribution in [1.29, 1.82) is 0 Å². The molecule has 0 amide bonds. The summed E-state index contributed by atoms with van der Waals surface area (Å²) in [4.78, 5) is 0. The zero-order valence-electron chi connectivity index (χ0n) is 3.72. The second-order valence-electron chi connectivity index (χ2n) is 0. The zero-order chi connectivity index (χ0) is 2.00. The molecule has 0 bridgehead atoms. The van der Waals surface area contributed by atoms with Crippen LogP contribution in [0.1, 0.15) is 0 Å². The van der Waals surface area contributed by atoms with E-state index in [0.717, 1.165) is 0 Å². The molecule has 8 heteroatoms. The van der Waals surface area contributed by atoms with E-state index in [4.69, 9.17) is 3.08 Å². The normalized spacial score (nSPS) is 0.750. The minimum atomic E-state index is 0. The van der Waals surface area contributed by atoms with Gasteiger partial charge in [-0.1, -0.05) is 0 Å². The van der Waals surface area contributed by atoms with Crippen LogP contribution < -0.4 is 0 Å². The fourth-order valence-electron chi connectivity index (χ4n) is 0. The van der Waals surface area contributed by atoms with Gasteiger partial charge in [0.1, 0.15) is 0 Å². The van der Waals surface area contributed by atoms with Crippen molar-refractivity contribution in [1.82, 2.24) is 0 Å². The van der Waals surface area contributed by atoms with Crippen molar-refractivity contribution >= 4 is 48.4 Å². The first kappa shape index (κ1) is 123. The van der Waals surface area contributed by atoms with Crippen LogP contribution in [0.4, 0.5) is 0 Å². The fraction of sp³-hybridized carbons (Fsp3) is 0. The second kappa shape index (κ2) is 271. The van der Waals surface area contributed by atoms with Crippen molar-refractivity contribution in [2.75, 3.05) is 0 Å². The Balaban J connectivity index is -0.000000000333. The molecule has 0 atom stereocenters. The Hall–Kier alpha value is 1.27. The minimum absolute atomic E-state index is 0. The molecule has 0 aromatic heterocycles. The Kier molecular flexibility index (Phi) is 4180. The van der Waals surface area contributed by atoms with Crippen molar-refractivity contribution in [2.45, 2.75) is 0 Å². The van der Waals surface area contributed by atoms with Gasteiger partial charge in [0, 0.05) is 0 Å². The van der Waals surface area contributed by atoms with Gasteiger partial charge in [-0.05, 0) is 0 Å². The van der Waals surface area contributed by atoms with Gasteiger partial charge in [0.15, 0.2) is 0 Å². The topological polar surface area (TPSA) is 167 Å². The first-order valence-electron chi connectivity index (χ1n) is 0.204. The van der Waals surface area contributed by atoms with Crippen molar-refractivity contribution in [2.24, 2.45) is 0 Å². The Labute approximate surface area is 78.4 Å². The molecule has 0 radical (unpaired) electrons. The summed E-state index contributed by atoms with van der Waals surface area (Å²) in [5, 5.41) is 0. The molecule has 0 aliphatic rings. The quantitative estimate of drug-likeness (QED) is 0.475. The molecule has 0 aliphatic heterocycles. The molecule has 0 rings (SSSR count). The van der Waals surface area contributed by atoms with Crippen LogP contribution in [0, 0.1) is 0 Å². The first-order chi connectivity index (χ1) is 1.00. The van der Waals surface area contributed by atoms with Crippen LogP contribution in [0.5, 0.6) is 0 Å². The number of hydrogen-bond acceptors (Lipinski definition) is 6. The van der Waals surface area contributed by atoms with Crippen molar-refractivity contribution in [3.05, 3.63) is 0 Å². The number of hydrogen-bond donors (Lipinski definition) is 0. The van der Waals surface area contributed by atoms with Crippen LogP contribution in [0.25, 0.3) is 0 Å². The summed E-state index contributed by atoms with van der Waals surface area (Å²) >= 11 is 0.300. The molecule has 5 N–H and O–H groups in total. The molecule has 0 spiro atoms. The third-order valence-electron chi connectivity index (χ3n) is 0. The summed E-state index contributed by atoms with van der Waals surface area (Å²) in [5.41, 5.74) is 0. The maximum atomic E-state index is 8.34. The first-order valence-corrected chi connectivity index (χ1v) is 1.37. The molecule has 0 aliphatic carbocycles. The second-order valence-corrected chi connectivity index (χ2v) is 0. The van der Waals surface area contributed by atoms with Crippen LogP contribution in [-0.4, -0.2) is 75.7 Å². The Morgan fingerprint density at radius 3 is 0.625 bits per heavy atom. The summed E-state index contributed by atoms with van der Waals surface area (Å²) in [7, 11) is 0. The summed E-state index contributed by atoms with van der Waals surface area (Å²) in [6.45, 7) is 0. The van der Waals surface area contributed by atoms with Crippen LogP contribution in [0.2, 0.25) is 0 Å². The van der Waals surface area contributed by atoms with Gasteiger partial charge in [-0.3, -0.25) is 0 Å². The summed E-state index contributed by atoms with van der Waals surface area (Å²) in [6, 6.07) is 0. The molecular weight excluding hydrogens is 330 g/mol. The van der Waals surface area contributed by atoms with E-state index in [9.17, 15) is 0 Å². The van der Waals surface area contributed by atoms with Crippen LogP contribution in [0.15, 0.2) is 0 Å².